The van der Waals surface area contributed by atoms with Crippen LogP contribution >= 0.6 is 11.3 Å². The lowest BCUT2D eigenvalue weighted by atomic mass is 9.87. The van der Waals surface area contributed by atoms with Gasteiger partial charge < -0.3 is 9.47 Å². The third-order valence-electron chi connectivity index (χ3n) is 7.31. The molecule has 9 nitrogen and oxygen atoms in total. The summed E-state index contributed by atoms with van der Waals surface area (Å²) in [5.41, 5.74) is 4.23. The molecule has 1 aromatic heterocycles. The Kier molecular flexibility index (Phi) is 8.40. The second-order valence-electron chi connectivity index (χ2n) is 10.4. The van der Waals surface area contributed by atoms with Crippen molar-refractivity contribution in [2.45, 2.75) is 39.7 Å². The van der Waals surface area contributed by atoms with Crippen LogP contribution < -0.4 is 19.6 Å². The number of thiazole rings is 1. The normalized spacial score (nSPS) is 14.8. The maximum absolute atomic E-state index is 14.2. The standard InChI is InChI=1S/C33H31N3O6S/c1-6-42-32(38)28-29(22-10-8-7-9-11-22)34-33-35(30(28)25-18-24(19(2)3)26(41-5)16-20(25)4)31(37)27(43-33)17-21-12-14-23(15-13-21)36(39)40/h7-19,30H,6H2,1-5H3. The third kappa shape index (κ3) is 5.65. The fraction of sp³-hybridized carbons (Fsp3) is 0.242. The molecule has 5 rings (SSSR count). The topological polar surface area (TPSA) is 113 Å². The second-order valence-corrected chi connectivity index (χ2v) is 11.4. The number of nitrogens with zero attached hydrogens (tertiary/aromatic N) is 3. The Labute approximate surface area is 252 Å². The maximum atomic E-state index is 14.2. The molecule has 4 aromatic rings. The molecule has 0 bridgehead atoms. The summed E-state index contributed by atoms with van der Waals surface area (Å²) in [4.78, 5) is 43.9. The first-order valence-corrected chi connectivity index (χ1v) is 14.7. The van der Waals surface area contributed by atoms with Crippen LogP contribution in [0.4, 0.5) is 5.69 Å². The predicted octanol–water partition coefficient (Wildman–Crippen LogP) is 5.28. The fourth-order valence-electron chi connectivity index (χ4n) is 5.22. The lowest BCUT2D eigenvalue weighted by Crippen LogP contribution is -2.40. The predicted molar refractivity (Wildman–Crippen MR) is 166 cm³/mol. The van der Waals surface area contributed by atoms with E-state index in [2.05, 4.69) is 13.8 Å². The van der Waals surface area contributed by atoms with E-state index < -0.39 is 16.9 Å². The van der Waals surface area contributed by atoms with Crippen LogP contribution in [0.3, 0.4) is 0 Å². The van der Waals surface area contributed by atoms with Crippen LogP contribution in [0, 0.1) is 17.0 Å². The largest absolute Gasteiger partial charge is 0.496 e. The minimum atomic E-state index is -0.826. The molecule has 1 aliphatic heterocycles. The summed E-state index contributed by atoms with van der Waals surface area (Å²) < 4.78 is 13.2. The van der Waals surface area contributed by atoms with E-state index >= 15 is 0 Å². The molecule has 0 radical (unpaired) electrons. The molecule has 1 atom stereocenters. The van der Waals surface area contributed by atoms with Gasteiger partial charge in [0.1, 0.15) is 5.75 Å². The first-order chi connectivity index (χ1) is 20.6. The highest BCUT2D eigenvalue weighted by atomic mass is 32.1. The van der Waals surface area contributed by atoms with E-state index in [4.69, 9.17) is 14.5 Å². The molecule has 1 aliphatic rings. The van der Waals surface area contributed by atoms with Gasteiger partial charge in [0.05, 0.1) is 40.5 Å². The molecule has 1 unspecified atom stereocenters. The van der Waals surface area contributed by atoms with E-state index in [1.54, 1.807) is 36.8 Å². The van der Waals surface area contributed by atoms with Gasteiger partial charge in [-0.25, -0.2) is 9.79 Å². The zero-order chi connectivity index (χ0) is 30.8. The Bertz CT molecular complexity index is 1920. The van der Waals surface area contributed by atoms with Crippen molar-refractivity contribution in [3.05, 3.63) is 130 Å². The number of esters is 1. The Balaban J connectivity index is 1.85. The molecule has 220 valence electrons. The van der Waals surface area contributed by atoms with E-state index in [0.717, 1.165) is 28.0 Å². The molecule has 0 fully saturated rings. The first kappa shape index (κ1) is 29.7. The van der Waals surface area contributed by atoms with E-state index in [1.807, 2.05) is 49.4 Å². The first-order valence-electron chi connectivity index (χ1n) is 13.9. The number of aromatic nitrogens is 1. The third-order valence-corrected chi connectivity index (χ3v) is 8.29. The van der Waals surface area contributed by atoms with Crippen LogP contribution in [-0.2, 0) is 9.53 Å². The molecular weight excluding hydrogens is 566 g/mol. The Hall–Kier alpha value is -4.83. The molecule has 43 heavy (non-hydrogen) atoms. The number of non-ortho nitro benzene ring substituents is 1. The number of nitro groups is 1. The van der Waals surface area contributed by atoms with Crippen molar-refractivity contribution >= 4 is 34.8 Å². The zero-order valence-corrected chi connectivity index (χ0v) is 25.3. The van der Waals surface area contributed by atoms with Gasteiger partial charge in [0.25, 0.3) is 11.2 Å². The summed E-state index contributed by atoms with van der Waals surface area (Å²) in [6.07, 6.45) is 1.68. The van der Waals surface area contributed by atoms with Crippen LogP contribution in [0.5, 0.6) is 5.75 Å². The quantitative estimate of drug-likeness (QED) is 0.155. The van der Waals surface area contributed by atoms with Gasteiger partial charge in [-0.1, -0.05) is 55.5 Å². The minimum Gasteiger partial charge on any atom is -0.496 e. The number of aryl methyl sites for hydroxylation is 1. The van der Waals surface area contributed by atoms with Gasteiger partial charge in [0, 0.05) is 17.7 Å². The van der Waals surface area contributed by atoms with Crippen LogP contribution in [-0.4, -0.2) is 29.2 Å². The van der Waals surface area contributed by atoms with Crippen molar-refractivity contribution in [3.8, 4) is 5.75 Å². The Morgan fingerprint density at radius 1 is 1.14 bits per heavy atom. The average Bonchev–Trinajstić information content (AvgIpc) is 3.31. The summed E-state index contributed by atoms with van der Waals surface area (Å²) in [5, 5.41) is 11.1. The Morgan fingerprint density at radius 3 is 2.44 bits per heavy atom. The second kappa shape index (κ2) is 12.2. The van der Waals surface area contributed by atoms with Crippen molar-refractivity contribution in [1.82, 2.24) is 4.57 Å². The van der Waals surface area contributed by atoms with Crippen LogP contribution in [0.25, 0.3) is 11.8 Å². The maximum Gasteiger partial charge on any atom is 0.338 e. The molecule has 3 aromatic carbocycles. The monoisotopic (exact) mass is 597 g/mol. The van der Waals surface area contributed by atoms with Crippen molar-refractivity contribution in [2.24, 2.45) is 4.99 Å². The molecule has 0 N–H and O–H groups in total. The number of rotatable bonds is 8. The van der Waals surface area contributed by atoms with Gasteiger partial charge in [-0.15, -0.1) is 0 Å². The lowest BCUT2D eigenvalue weighted by Gasteiger charge is -2.28. The molecule has 0 saturated carbocycles. The summed E-state index contributed by atoms with van der Waals surface area (Å²) in [6, 6.07) is 18.5. The molecule has 0 amide bonds. The number of hydrogen-bond acceptors (Lipinski definition) is 8. The fourth-order valence-corrected chi connectivity index (χ4v) is 6.22. The van der Waals surface area contributed by atoms with Gasteiger partial charge in [-0.05, 0) is 72.4 Å². The zero-order valence-electron chi connectivity index (χ0n) is 24.5. The van der Waals surface area contributed by atoms with E-state index in [-0.39, 0.29) is 29.3 Å². The molecular formula is C33H31N3O6S. The minimum absolute atomic E-state index is 0.0406. The van der Waals surface area contributed by atoms with Gasteiger partial charge in [-0.2, -0.15) is 0 Å². The summed E-state index contributed by atoms with van der Waals surface area (Å²) in [6.45, 7) is 7.94. The number of carbonyl (C=O) groups excluding carboxylic acids is 1. The van der Waals surface area contributed by atoms with Gasteiger partial charge in [0.15, 0.2) is 4.80 Å². The molecule has 0 saturated heterocycles. The van der Waals surface area contributed by atoms with Crippen LogP contribution in [0.2, 0.25) is 0 Å². The highest BCUT2D eigenvalue weighted by Gasteiger charge is 2.36. The number of nitro benzene ring substituents is 1. The Morgan fingerprint density at radius 2 is 1.84 bits per heavy atom. The van der Waals surface area contributed by atoms with E-state index in [0.29, 0.717) is 20.6 Å². The molecule has 10 heteroatoms. The summed E-state index contributed by atoms with van der Waals surface area (Å²) >= 11 is 1.20. The van der Waals surface area contributed by atoms with Gasteiger partial charge in [-0.3, -0.25) is 19.5 Å². The lowest BCUT2D eigenvalue weighted by molar-refractivity contribution is -0.384. The van der Waals surface area contributed by atoms with Crippen molar-refractivity contribution < 1.29 is 19.2 Å². The number of hydrogen-bond donors (Lipinski definition) is 0. The molecule has 0 aliphatic carbocycles. The molecule has 0 spiro atoms. The SMILES string of the molecule is CCOC(=O)C1=C(c2ccccc2)N=c2sc(=Cc3ccc([N+](=O)[O-])cc3)c(=O)n2C1c1cc(C(C)C)c(OC)cc1C. The smallest absolute Gasteiger partial charge is 0.338 e. The number of fused-ring (bicyclic) bond motifs is 1. The number of carbonyl (C=O) groups is 1. The van der Waals surface area contributed by atoms with E-state index in [1.165, 1.54) is 23.5 Å². The number of ether oxygens (including phenoxy) is 2. The summed E-state index contributed by atoms with van der Waals surface area (Å²) in [5.74, 6) is 0.281. The van der Waals surface area contributed by atoms with Crippen molar-refractivity contribution in [2.75, 3.05) is 13.7 Å². The van der Waals surface area contributed by atoms with Crippen LogP contribution in [0.1, 0.15) is 60.5 Å². The van der Waals surface area contributed by atoms with Crippen molar-refractivity contribution in [1.29, 1.82) is 0 Å². The average molecular weight is 598 g/mol. The molecule has 2 heterocycles. The number of methoxy groups -OCH3 is 1. The van der Waals surface area contributed by atoms with Crippen LogP contribution in [0.15, 0.2) is 82.1 Å². The highest BCUT2D eigenvalue weighted by molar-refractivity contribution is 7.07. The van der Waals surface area contributed by atoms with Crippen molar-refractivity contribution in [3.63, 3.8) is 0 Å². The highest BCUT2D eigenvalue weighted by Crippen LogP contribution is 2.39. The van der Waals surface area contributed by atoms with Gasteiger partial charge >= 0.3 is 5.97 Å². The summed E-state index contributed by atoms with van der Waals surface area (Å²) in [7, 11) is 1.62. The van der Waals surface area contributed by atoms with E-state index in [9.17, 15) is 19.7 Å². The van der Waals surface area contributed by atoms with Gasteiger partial charge in [0.2, 0.25) is 0 Å². The number of benzene rings is 3.